The van der Waals surface area contributed by atoms with Gasteiger partial charge < -0.3 is 4.74 Å². The molecule has 0 bridgehead atoms. The van der Waals surface area contributed by atoms with Gasteiger partial charge in [0.25, 0.3) is 0 Å². The molecule has 1 saturated heterocycles. The molecule has 1 aliphatic rings. The SMILES string of the molecule is CCCCCCCCCCCCCCCCCCn1c[n+](C)cc1CC1COC(=O)C1CC. The van der Waals surface area contributed by atoms with Crippen molar-refractivity contribution in [3.8, 4) is 0 Å². The van der Waals surface area contributed by atoms with E-state index in [9.17, 15) is 4.79 Å². The maximum Gasteiger partial charge on any atom is 0.309 e. The number of hydrogen-bond donors (Lipinski definition) is 0. The van der Waals surface area contributed by atoms with Gasteiger partial charge in [0.05, 0.1) is 26.1 Å². The third kappa shape index (κ3) is 11.1. The van der Waals surface area contributed by atoms with Crippen molar-refractivity contribution in [2.75, 3.05) is 6.61 Å². The first-order valence-electron chi connectivity index (χ1n) is 14.4. The molecule has 4 nitrogen and oxygen atoms in total. The van der Waals surface area contributed by atoms with E-state index in [0.29, 0.717) is 12.5 Å². The lowest BCUT2D eigenvalue weighted by Crippen LogP contribution is -2.24. The molecule has 2 rings (SSSR count). The molecule has 0 amide bonds. The summed E-state index contributed by atoms with van der Waals surface area (Å²) in [6, 6.07) is 0. The maximum absolute atomic E-state index is 11.9. The Labute approximate surface area is 204 Å². The van der Waals surface area contributed by atoms with Gasteiger partial charge in [0.2, 0.25) is 6.33 Å². The van der Waals surface area contributed by atoms with Crippen LogP contribution in [0.5, 0.6) is 0 Å². The molecule has 0 aromatic carbocycles. The van der Waals surface area contributed by atoms with Crippen molar-refractivity contribution in [3.63, 3.8) is 0 Å². The third-order valence-corrected chi connectivity index (χ3v) is 7.52. The number of esters is 1. The Hall–Kier alpha value is -1.32. The number of hydrogen-bond acceptors (Lipinski definition) is 2. The van der Waals surface area contributed by atoms with Crippen molar-refractivity contribution in [2.45, 2.75) is 136 Å². The molecule has 2 heterocycles. The Kier molecular flexibility index (Phi) is 14.5. The molecule has 1 aromatic rings. The number of aryl methyl sites for hydroxylation is 2. The third-order valence-electron chi connectivity index (χ3n) is 7.52. The summed E-state index contributed by atoms with van der Waals surface area (Å²) < 4.78 is 9.88. The standard InChI is InChI=1S/C29H53N2O2/c1-4-6-7-8-9-10-11-12-13-14-15-16-17-18-19-20-21-31-25-30(3)23-27(31)22-26-24-33-29(32)28(26)5-2/h23,25-26,28H,4-22,24H2,1-3H3/q+1. The van der Waals surface area contributed by atoms with Crippen molar-refractivity contribution >= 4 is 5.97 Å². The zero-order valence-electron chi connectivity index (χ0n) is 22.2. The summed E-state index contributed by atoms with van der Waals surface area (Å²) in [6.45, 7) is 6.07. The fraction of sp³-hybridized carbons (Fsp3) is 0.862. The van der Waals surface area contributed by atoms with Gasteiger partial charge in [-0.3, -0.25) is 4.79 Å². The minimum Gasteiger partial charge on any atom is -0.465 e. The summed E-state index contributed by atoms with van der Waals surface area (Å²) in [5.41, 5.74) is 1.35. The zero-order chi connectivity index (χ0) is 23.7. The van der Waals surface area contributed by atoms with Gasteiger partial charge in [-0.1, -0.05) is 104 Å². The van der Waals surface area contributed by atoms with E-state index < -0.39 is 0 Å². The molecule has 2 unspecified atom stereocenters. The van der Waals surface area contributed by atoms with Crippen LogP contribution in [0.15, 0.2) is 12.5 Å². The van der Waals surface area contributed by atoms with E-state index in [1.54, 1.807) is 0 Å². The lowest BCUT2D eigenvalue weighted by atomic mass is 9.89. The molecule has 4 heteroatoms. The van der Waals surface area contributed by atoms with Crippen molar-refractivity contribution in [1.82, 2.24) is 4.57 Å². The molecule has 2 atom stereocenters. The van der Waals surface area contributed by atoms with Crippen LogP contribution in [0, 0.1) is 11.8 Å². The summed E-state index contributed by atoms with van der Waals surface area (Å²) in [4.78, 5) is 11.9. The molecule has 0 N–H and O–H groups in total. The summed E-state index contributed by atoms with van der Waals surface area (Å²) in [5.74, 6) is 0.416. The predicted octanol–water partition coefficient (Wildman–Crippen LogP) is 7.32. The second-order valence-corrected chi connectivity index (χ2v) is 10.5. The smallest absolute Gasteiger partial charge is 0.309 e. The molecule has 1 fully saturated rings. The maximum atomic E-state index is 11.9. The number of ether oxygens (including phenoxy) is 1. The van der Waals surface area contributed by atoms with E-state index in [-0.39, 0.29) is 11.9 Å². The molecule has 190 valence electrons. The molecular formula is C29H53N2O2+. The van der Waals surface area contributed by atoms with E-state index in [2.05, 4.69) is 42.6 Å². The van der Waals surface area contributed by atoms with E-state index in [4.69, 9.17) is 4.74 Å². The van der Waals surface area contributed by atoms with Crippen LogP contribution in [0.25, 0.3) is 0 Å². The highest BCUT2D eigenvalue weighted by atomic mass is 16.5. The molecule has 1 aliphatic heterocycles. The number of imidazole rings is 1. The van der Waals surface area contributed by atoms with Crippen molar-refractivity contribution in [2.24, 2.45) is 18.9 Å². The van der Waals surface area contributed by atoms with Gasteiger partial charge >= 0.3 is 5.97 Å². The van der Waals surface area contributed by atoms with E-state index >= 15 is 0 Å². The zero-order valence-corrected chi connectivity index (χ0v) is 22.2. The highest BCUT2D eigenvalue weighted by Crippen LogP contribution is 2.28. The lowest BCUT2D eigenvalue weighted by molar-refractivity contribution is -0.671. The average molecular weight is 462 g/mol. The fourth-order valence-electron chi connectivity index (χ4n) is 5.41. The van der Waals surface area contributed by atoms with Gasteiger partial charge in [-0.25, -0.2) is 9.13 Å². The second kappa shape index (κ2) is 17.2. The van der Waals surface area contributed by atoms with Crippen LogP contribution < -0.4 is 4.57 Å². The Morgan fingerprint density at radius 2 is 1.36 bits per heavy atom. The van der Waals surface area contributed by atoms with E-state index in [1.807, 2.05) is 0 Å². The van der Waals surface area contributed by atoms with Crippen molar-refractivity contribution in [3.05, 3.63) is 18.2 Å². The highest BCUT2D eigenvalue weighted by Gasteiger charge is 2.36. The summed E-state index contributed by atoms with van der Waals surface area (Å²) in [7, 11) is 2.10. The second-order valence-electron chi connectivity index (χ2n) is 10.5. The van der Waals surface area contributed by atoms with Crippen LogP contribution in [0.2, 0.25) is 0 Å². The summed E-state index contributed by atoms with van der Waals surface area (Å²) >= 11 is 0. The number of rotatable bonds is 20. The van der Waals surface area contributed by atoms with Crippen LogP contribution in [-0.4, -0.2) is 17.1 Å². The number of carbonyl (C=O) groups is 1. The molecule has 0 saturated carbocycles. The molecule has 1 aromatic heterocycles. The normalized spacial score (nSPS) is 18.2. The Balaban J connectivity index is 1.46. The highest BCUT2D eigenvalue weighted by molar-refractivity contribution is 5.74. The molecule has 0 aliphatic carbocycles. The van der Waals surface area contributed by atoms with Crippen molar-refractivity contribution in [1.29, 1.82) is 0 Å². The number of unbranched alkanes of at least 4 members (excludes halogenated alkanes) is 15. The predicted molar refractivity (Wildman–Crippen MR) is 137 cm³/mol. The van der Waals surface area contributed by atoms with Gasteiger partial charge in [0.15, 0.2) is 0 Å². The van der Waals surface area contributed by atoms with Gasteiger partial charge in [0.1, 0.15) is 11.9 Å². The quantitative estimate of drug-likeness (QED) is 0.116. The van der Waals surface area contributed by atoms with Crippen LogP contribution in [0.3, 0.4) is 0 Å². The molecular weight excluding hydrogens is 408 g/mol. The Morgan fingerprint density at radius 1 is 0.848 bits per heavy atom. The first-order valence-corrected chi connectivity index (χ1v) is 14.4. The van der Waals surface area contributed by atoms with Crippen LogP contribution in [-0.2, 0) is 29.5 Å². The van der Waals surface area contributed by atoms with Crippen LogP contribution in [0.1, 0.15) is 129 Å². The minimum absolute atomic E-state index is 0.00258. The minimum atomic E-state index is 0.00258. The number of carbonyl (C=O) groups excluding carboxylic acids is 1. The average Bonchev–Trinajstić information content (AvgIpc) is 3.34. The van der Waals surface area contributed by atoms with Crippen LogP contribution in [0.4, 0.5) is 0 Å². The molecule has 33 heavy (non-hydrogen) atoms. The number of nitrogens with zero attached hydrogens (tertiary/aromatic N) is 2. The molecule has 0 radical (unpaired) electrons. The van der Waals surface area contributed by atoms with Gasteiger partial charge in [-0.2, -0.15) is 0 Å². The Bertz CT molecular complexity index is 640. The monoisotopic (exact) mass is 461 g/mol. The topological polar surface area (TPSA) is 35.1 Å². The Morgan fingerprint density at radius 3 is 1.88 bits per heavy atom. The van der Waals surface area contributed by atoms with Gasteiger partial charge in [0, 0.05) is 12.3 Å². The largest absolute Gasteiger partial charge is 0.465 e. The lowest BCUT2D eigenvalue weighted by Gasteiger charge is -2.12. The first-order chi connectivity index (χ1) is 16.2. The van der Waals surface area contributed by atoms with Crippen molar-refractivity contribution < 1.29 is 14.1 Å². The summed E-state index contributed by atoms with van der Waals surface area (Å²) in [5, 5.41) is 0. The van der Waals surface area contributed by atoms with Gasteiger partial charge in [-0.15, -0.1) is 0 Å². The fourth-order valence-corrected chi connectivity index (χ4v) is 5.41. The summed E-state index contributed by atoms with van der Waals surface area (Å²) in [6.07, 6.45) is 28.8. The van der Waals surface area contributed by atoms with Crippen LogP contribution >= 0.6 is 0 Å². The molecule has 0 spiro atoms. The number of aromatic nitrogens is 2. The van der Waals surface area contributed by atoms with Gasteiger partial charge in [-0.05, 0) is 19.3 Å². The van der Waals surface area contributed by atoms with E-state index in [1.165, 1.54) is 108 Å². The first kappa shape index (κ1) is 27.9. The number of cyclic esters (lactones) is 1. The van der Waals surface area contributed by atoms with E-state index in [0.717, 1.165) is 19.4 Å².